The van der Waals surface area contributed by atoms with Gasteiger partial charge in [-0.3, -0.25) is 4.79 Å². The fourth-order valence-corrected chi connectivity index (χ4v) is 2.62. The Morgan fingerprint density at radius 3 is 2.79 bits per heavy atom. The van der Waals surface area contributed by atoms with Crippen molar-refractivity contribution < 1.29 is 13.2 Å². The second-order valence-electron chi connectivity index (χ2n) is 3.70. The molecule has 0 bridgehead atoms. The average Bonchev–Trinajstić information content (AvgIpc) is 2.36. The second kappa shape index (κ2) is 7.28. The van der Waals surface area contributed by atoms with Gasteiger partial charge in [-0.2, -0.15) is 0 Å². The number of carbonyl (C=O) groups is 1. The monoisotopic (exact) mass is 302 g/mol. The third kappa shape index (κ3) is 5.42. The molecule has 1 aromatic rings. The van der Waals surface area contributed by atoms with Crippen molar-refractivity contribution in [3.8, 4) is 0 Å². The lowest BCUT2D eigenvalue weighted by molar-refractivity contribution is -0.120. The Morgan fingerprint density at radius 1 is 1.42 bits per heavy atom. The third-order valence-corrected chi connectivity index (χ3v) is 3.89. The normalized spacial score (nSPS) is 11.0. The van der Waals surface area contributed by atoms with E-state index < -0.39 is 10.0 Å². The lowest BCUT2D eigenvalue weighted by Crippen LogP contribution is -2.30. The SMILES string of the molecule is C=CCNC(=O)CCNS(=O)(=O)c1cccc(Cl)c1. The van der Waals surface area contributed by atoms with Gasteiger partial charge in [0.25, 0.3) is 0 Å². The van der Waals surface area contributed by atoms with Gasteiger partial charge in [-0.1, -0.05) is 23.7 Å². The number of amides is 1. The molecule has 5 nitrogen and oxygen atoms in total. The van der Waals surface area contributed by atoms with Gasteiger partial charge in [0.05, 0.1) is 4.90 Å². The molecule has 0 atom stereocenters. The van der Waals surface area contributed by atoms with Crippen LogP contribution in [-0.2, 0) is 14.8 Å². The molecule has 2 N–H and O–H groups in total. The van der Waals surface area contributed by atoms with Crippen LogP contribution in [0.1, 0.15) is 6.42 Å². The van der Waals surface area contributed by atoms with Crippen molar-refractivity contribution >= 4 is 27.5 Å². The first-order valence-corrected chi connectivity index (χ1v) is 7.44. The first kappa shape index (κ1) is 15.7. The first-order valence-electron chi connectivity index (χ1n) is 5.58. The molecule has 0 aliphatic heterocycles. The number of rotatable bonds is 7. The lowest BCUT2D eigenvalue weighted by Gasteiger charge is -2.07. The molecular formula is C12H15ClN2O3S. The molecule has 1 rings (SSSR count). The van der Waals surface area contributed by atoms with Gasteiger partial charge in [-0.25, -0.2) is 13.1 Å². The Hall–Kier alpha value is -1.37. The zero-order chi connectivity index (χ0) is 14.3. The highest BCUT2D eigenvalue weighted by Gasteiger charge is 2.14. The number of sulfonamides is 1. The van der Waals surface area contributed by atoms with Gasteiger partial charge >= 0.3 is 0 Å². The standard InChI is InChI=1S/C12H15ClN2O3S/c1-2-7-14-12(16)6-8-15-19(17,18)11-5-3-4-10(13)9-11/h2-5,9,15H,1,6-8H2,(H,14,16). The zero-order valence-corrected chi connectivity index (χ0v) is 11.8. The summed E-state index contributed by atoms with van der Waals surface area (Å²) < 4.78 is 26.1. The molecule has 0 aliphatic rings. The summed E-state index contributed by atoms with van der Waals surface area (Å²) in [4.78, 5) is 11.3. The summed E-state index contributed by atoms with van der Waals surface area (Å²) in [5.41, 5.74) is 0. The number of nitrogens with one attached hydrogen (secondary N) is 2. The highest BCUT2D eigenvalue weighted by Crippen LogP contribution is 2.14. The van der Waals surface area contributed by atoms with Crippen LogP contribution in [0, 0.1) is 0 Å². The minimum atomic E-state index is -3.63. The number of benzene rings is 1. The summed E-state index contributed by atoms with van der Waals surface area (Å²) in [7, 11) is -3.63. The number of halogens is 1. The third-order valence-electron chi connectivity index (χ3n) is 2.19. The summed E-state index contributed by atoms with van der Waals surface area (Å²) in [6.07, 6.45) is 1.61. The smallest absolute Gasteiger partial charge is 0.240 e. The number of carbonyl (C=O) groups excluding carboxylic acids is 1. The van der Waals surface area contributed by atoms with E-state index in [2.05, 4.69) is 16.6 Å². The first-order chi connectivity index (χ1) is 8.95. The van der Waals surface area contributed by atoms with Gasteiger partial charge in [0.1, 0.15) is 0 Å². The average molecular weight is 303 g/mol. The van der Waals surface area contributed by atoms with Crippen LogP contribution in [0.15, 0.2) is 41.8 Å². The molecule has 0 aromatic heterocycles. The van der Waals surface area contributed by atoms with Crippen molar-refractivity contribution in [2.24, 2.45) is 0 Å². The van der Waals surface area contributed by atoms with Crippen LogP contribution in [-0.4, -0.2) is 27.4 Å². The summed E-state index contributed by atoms with van der Waals surface area (Å²) in [6, 6.07) is 5.92. The second-order valence-corrected chi connectivity index (χ2v) is 5.90. The van der Waals surface area contributed by atoms with Gasteiger partial charge in [-0.15, -0.1) is 6.58 Å². The predicted molar refractivity (Wildman–Crippen MR) is 74.5 cm³/mol. The van der Waals surface area contributed by atoms with Crippen LogP contribution in [0.25, 0.3) is 0 Å². The Labute approximate surface area is 117 Å². The van der Waals surface area contributed by atoms with Crippen LogP contribution in [0.3, 0.4) is 0 Å². The molecule has 0 radical (unpaired) electrons. The number of hydrogen-bond acceptors (Lipinski definition) is 3. The van der Waals surface area contributed by atoms with E-state index in [0.717, 1.165) is 0 Å². The van der Waals surface area contributed by atoms with Crippen LogP contribution in [0.5, 0.6) is 0 Å². The summed E-state index contributed by atoms with van der Waals surface area (Å²) in [5.74, 6) is -0.242. The minimum absolute atomic E-state index is 0.0256. The quantitative estimate of drug-likeness (QED) is 0.746. The number of hydrogen-bond donors (Lipinski definition) is 2. The highest BCUT2D eigenvalue weighted by atomic mass is 35.5. The molecule has 0 saturated carbocycles. The van der Waals surface area contributed by atoms with Crippen molar-refractivity contribution in [1.82, 2.24) is 10.0 Å². The van der Waals surface area contributed by atoms with E-state index in [-0.39, 0.29) is 23.8 Å². The lowest BCUT2D eigenvalue weighted by atomic mass is 10.4. The molecule has 0 fully saturated rings. The molecule has 0 spiro atoms. The van der Waals surface area contributed by atoms with E-state index in [9.17, 15) is 13.2 Å². The summed E-state index contributed by atoms with van der Waals surface area (Å²) in [5, 5.41) is 2.89. The molecule has 0 unspecified atom stereocenters. The minimum Gasteiger partial charge on any atom is -0.353 e. The van der Waals surface area contributed by atoms with Gasteiger partial charge in [0.15, 0.2) is 0 Å². The van der Waals surface area contributed by atoms with Crippen molar-refractivity contribution in [3.05, 3.63) is 41.9 Å². The van der Waals surface area contributed by atoms with Crippen LogP contribution in [0.4, 0.5) is 0 Å². The topological polar surface area (TPSA) is 75.3 Å². The van der Waals surface area contributed by atoms with Crippen molar-refractivity contribution in [2.75, 3.05) is 13.1 Å². The Kier molecular flexibility index (Phi) is 6.01. The molecule has 1 amide bonds. The largest absolute Gasteiger partial charge is 0.353 e. The fourth-order valence-electron chi connectivity index (χ4n) is 1.29. The molecule has 0 aliphatic carbocycles. The molecule has 104 valence electrons. The molecule has 0 saturated heterocycles. The maximum atomic E-state index is 11.9. The maximum absolute atomic E-state index is 11.9. The molecule has 0 heterocycles. The Balaban J connectivity index is 2.52. The molecule has 7 heteroatoms. The van der Waals surface area contributed by atoms with E-state index in [1.54, 1.807) is 18.2 Å². The molecule has 19 heavy (non-hydrogen) atoms. The van der Waals surface area contributed by atoms with Crippen LogP contribution >= 0.6 is 11.6 Å². The Morgan fingerprint density at radius 2 is 2.16 bits per heavy atom. The molecular weight excluding hydrogens is 288 g/mol. The molecule has 1 aromatic carbocycles. The van der Waals surface area contributed by atoms with Crippen LogP contribution < -0.4 is 10.0 Å². The maximum Gasteiger partial charge on any atom is 0.240 e. The predicted octanol–water partition coefficient (Wildman–Crippen LogP) is 1.31. The van der Waals surface area contributed by atoms with E-state index in [1.165, 1.54) is 12.1 Å². The Bertz CT molecular complexity index is 558. The van der Waals surface area contributed by atoms with Gasteiger partial charge in [0.2, 0.25) is 15.9 Å². The van der Waals surface area contributed by atoms with Crippen molar-refractivity contribution in [3.63, 3.8) is 0 Å². The fraction of sp³-hybridized carbons (Fsp3) is 0.250. The van der Waals surface area contributed by atoms with Gasteiger partial charge < -0.3 is 5.32 Å². The highest BCUT2D eigenvalue weighted by molar-refractivity contribution is 7.89. The van der Waals surface area contributed by atoms with Crippen molar-refractivity contribution in [2.45, 2.75) is 11.3 Å². The van der Waals surface area contributed by atoms with Crippen molar-refractivity contribution in [1.29, 1.82) is 0 Å². The van der Waals surface area contributed by atoms with E-state index in [4.69, 9.17) is 11.6 Å². The summed E-state index contributed by atoms with van der Waals surface area (Å²) >= 11 is 5.73. The zero-order valence-electron chi connectivity index (χ0n) is 10.2. The van der Waals surface area contributed by atoms with E-state index in [0.29, 0.717) is 11.6 Å². The van der Waals surface area contributed by atoms with E-state index >= 15 is 0 Å². The van der Waals surface area contributed by atoms with Gasteiger partial charge in [-0.05, 0) is 18.2 Å². The van der Waals surface area contributed by atoms with Gasteiger partial charge in [0, 0.05) is 24.5 Å². The summed E-state index contributed by atoms with van der Waals surface area (Å²) in [6.45, 7) is 3.85. The van der Waals surface area contributed by atoms with Crippen LogP contribution in [0.2, 0.25) is 5.02 Å². The van der Waals surface area contributed by atoms with E-state index in [1.807, 2.05) is 0 Å².